The molecule has 8 heteroatoms. The van der Waals surface area contributed by atoms with Gasteiger partial charge >= 0.3 is 37.7 Å². The Kier molecular flexibility index (Phi) is 6.00. The predicted molar refractivity (Wildman–Crippen MR) is 68.4 cm³/mol. The van der Waals surface area contributed by atoms with Gasteiger partial charge in [-0.15, -0.1) is 0 Å². The molecule has 6 nitrogen and oxygen atoms in total. The SMILES string of the molecule is O=C([O-])c1cccc2c1C(=O)c1cccc(C(=O)[O-])c1C2=O.[Li+].[Li+]. The third-order valence-corrected chi connectivity index (χ3v) is 3.51. The second-order valence-electron chi connectivity index (χ2n) is 4.69. The summed E-state index contributed by atoms with van der Waals surface area (Å²) in [4.78, 5) is 47.3. The fraction of sp³-hybridized carbons (Fsp3) is 0. The molecule has 0 spiro atoms. The summed E-state index contributed by atoms with van der Waals surface area (Å²) in [6.45, 7) is 0. The second kappa shape index (κ2) is 7.21. The van der Waals surface area contributed by atoms with Crippen LogP contribution in [0.15, 0.2) is 36.4 Å². The van der Waals surface area contributed by atoms with Gasteiger partial charge in [-0.25, -0.2) is 0 Å². The van der Waals surface area contributed by atoms with Crippen molar-refractivity contribution < 1.29 is 67.1 Å². The van der Waals surface area contributed by atoms with Crippen LogP contribution in [-0.2, 0) is 0 Å². The van der Waals surface area contributed by atoms with Crippen molar-refractivity contribution in [2.45, 2.75) is 0 Å². The molecule has 0 amide bonds. The monoisotopic (exact) mass is 308 g/mol. The molecule has 1 aliphatic rings. The molecule has 0 atom stereocenters. The van der Waals surface area contributed by atoms with Crippen LogP contribution in [0.5, 0.6) is 0 Å². The van der Waals surface area contributed by atoms with Crippen LogP contribution in [0.1, 0.15) is 52.6 Å². The minimum absolute atomic E-state index is 0. The average molecular weight is 308 g/mol. The van der Waals surface area contributed by atoms with Crippen molar-refractivity contribution in [1.29, 1.82) is 0 Å². The van der Waals surface area contributed by atoms with Gasteiger partial charge in [-0.2, -0.15) is 0 Å². The Morgan fingerprint density at radius 1 is 0.667 bits per heavy atom. The van der Waals surface area contributed by atoms with Crippen LogP contribution >= 0.6 is 0 Å². The fourth-order valence-corrected chi connectivity index (χ4v) is 2.58. The Labute approximate surface area is 160 Å². The molecule has 0 bridgehead atoms. The minimum Gasteiger partial charge on any atom is -0.545 e. The molecule has 0 saturated heterocycles. The summed E-state index contributed by atoms with van der Waals surface area (Å²) in [6.07, 6.45) is 0. The summed E-state index contributed by atoms with van der Waals surface area (Å²) < 4.78 is 0. The first-order valence-corrected chi connectivity index (χ1v) is 6.21. The molecule has 0 radical (unpaired) electrons. The van der Waals surface area contributed by atoms with E-state index in [1.165, 1.54) is 24.3 Å². The first-order chi connectivity index (χ1) is 10.4. The summed E-state index contributed by atoms with van der Waals surface area (Å²) in [6, 6.07) is 7.46. The number of carbonyl (C=O) groups excluding carboxylic acids is 4. The van der Waals surface area contributed by atoms with E-state index < -0.39 is 34.6 Å². The van der Waals surface area contributed by atoms with Crippen LogP contribution < -0.4 is 47.9 Å². The Balaban J connectivity index is 0.00000144. The van der Waals surface area contributed by atoms with Gasteiger partial charge in [-0.05, 0) is 0 Å². The number of carboxylic acids is 2. The van der Waals surface area contributed by atoms with E-state index in [-0.39, 0.29) is 60.0 Å². The zero-order valence-corrected chi connectivity index (χ0v) is 12.9. The van der Waals surface area contributed by atoms with Gasteiger partial charge in [0.2, 0.25) is 0 Å². The number of ketones is 2. The maximum Gasteiger partial charge on any atom is 1.00 e. The molecular formula is C16H6Li2O6. The summed E-state index contributed by atoms with van der Waals surface area (Å²) in [5.41, 5.74) is -1.69. The van der Waals surface area contributed by atoms with Crippen LogP contribution in [0.2, 0.25) is 0 Å². The number of benzene rings is 2. The number of rotatable bonds is 2. The molecule has 0 aromatic heterocycles. The molecule has 1 aliphatic carbocycles. The second-order valence-corrected chi connectivity index (χ2v) is 4.69. The van der Waals surface area contributed by atoms with Gasteiger partial charge in [-0.3, -0.25) is 9.59 Å². The van der Waals surface area contributed by atoms with E-state index in [0.717, 1.165) is 12.1 Å². The summed E-state index contributed by atoms with van der Waals surface area (Å²) in [7, 11) is 0. The average Bonchev–Trinajstić information content (AvgIpc) is 2.51. The van der Waals surface area contributed by atoms with Crippen molar-refractivity contribution in [2.75, 3.05) is 0 Å². The number of aromatic carboxylic acids is 2. The zero-order chi connectivity index (χ0) is 16.0. The molecule has 0 saturated carbocycles. The predicted octanol–water partition coefficient (Wildman–Crippen LogP) is -6.80. The van der Waals surface area contributed by atoms with Crippen molar-refractivity contribution in [3.8, 4) is 0 Å². The molecule has 0 heterocycles. The number of hydrogen-bond acceptors (Lipinski definition) is 6. The van der Waals surface area contributed by atoms with Gasteiger partial charge < -0.3 is 19.8 Å². The van der Waals surface area contributed by atoms with E-state index >= 15 is 0 Å². The van der Waals surface area contributed by atoms with E-state index in [4.69, 9.17) is 0 Å². The first-order valence-electron chi connectivity index (χ1n) is 6.21. The van der Waals surface area contributed by atoms with Gasteiger partial charge in [0.25, 0.3) is 0 Å². The maximum atomic E-state index is 12.5. The smallest absolute Gasteiger partial charge is 0.545 e. The van der Waals surface area contributed by atoms with Gasteiger partial charge in [0.15, 0.2) is 11.6 Å². The number of fused-ring (bicyclic) bond motifs is 2. The molecule has 0 fully saturated rings. The van der Waals surface area contributed by atoms with E-state index in [2.05, 4.69) is 0 Å². The topological polar surface area (TPSA) is 114 Å². The summed E-state index contributed by atoms with van der Waals surface area (Å²) in [5.74, 6) is -4.63. The number of carboxylic acid groups (broad SMARTS) is 2. The third-order valence-electron chi connectivity index (χ3n) is 3.51. The zero-order valence-electron chi connectivity index (χ0n) is 12.9. The molecular weight excluding hydrogens is 302 g/mol. The molecule has 0 aliphatic heterocycles. The largest absolute Gasteiger partial charge is 1.00 e. The van der Waals surface area contributed by atoms with Gasteiger partial charge in [-0.1, -0.05) is 36.4 Å². The van der Waals surface area contributed by atoms with Crippen molar-refractivity contribution >= 4 is 23.5 Å². The van der Waals surface area contributed by atoms with Crippen LogP contribution in [0.25, 0.3) is 0 Å². The van der Waals surface area contributed by atoms with Crippen LogP contribution in [0, 0.1) is 0 Å². The Bertz CT molecular complexity index is 815. The normalized spacial score (nSPS) is 11.5. The summed E-state index contributed by atoms with van der Waals surface area (Å²) in [5, 5.41) is 22.3. The molecule has 108 valence electrons. The minimum atomic E-state index is -1.59. The van der Waals surface area contributed by atoms with Crippen LogP contribution in [0.3, 0.4) is 0 Å². The Morgan fingerprint density at radius 3 is 1.29 bits per heavy atom. The van der Waals surface area contributed by atoms with Gasteiger partial charge in [0.05, 0.1) is 11.9 Å². The molecule has 24 heavy (non-hydrogen) atoms. The van der Waals surface area contributed by atoms with E-state index in [0.29, 0.717) is 0 Å². The molecule has 0 unspecified atom stereocenters. The van der Waals surface area contributed by atoms with Crippen LogP contribution in [-0.4, -0.2) is 23.5 Å². The van der Waals surface area contributed by atoms with Gasteiger partial charge in [0, 0.05) is 33.4 Å². The Hall–Kier alpha value is -2.09. The molecule has 0 N–H and O–H groups in total. The maximum absolute atomic E-state index is 12.5. The van der Waals surface area contributed by atoms with Crippen LogP contribution in [0.4, 0.5) is 0 Å². The van der Waals surface area contributed by atoms with Crippen molar-refractivity contribution in [2.24, 2.45) is 0 Å². The van der Waals surface area contributed by atoms with E-state index in [9.17, 15) is 29.4 Å². The third kappa shape index (κ3) is 2.86. The molecule has 2 aromatic carbocycles. The molecule has 3 rings (SSSR count). The number of carbonyl (C=O) groups is 4. The van der Waals surface area contributed by atoms with Crippen molar-refractivity contribution in [1.82, 2.24) is 0 Å². The standard InChI is InChI=1S/C16H8O6.2Li/c17-13-7-3-1-5-9(15(19)20)11(7)14(18)8-4-2-6-10(12(8)13)16(21)22;;/h1-6H,(H,19,20)(H,21,22);;/q;2*+1/p-2. The number of hydrogen-bond donors (Lipinski definition) is 0. The quantitative estimate of drug-likeness (QED) is 0.435. The fourth-order valence-electron chi connectivity index (χ4n) is 2.58. The van der Waals surface area contributed by atoms with Crippen molar-refractivity contribution in [3.63, 3.8) is 0 Å². The molecule has 2 aromatic rings. The summed E-state index contributed by atoms with van der Waals surface area (Å²) >= 11 is 0. The van der Waals surface area contributed by atoms with E-state index in [1.807, 2.05) is 0 Å². The Morgan fingerprint density at radius 2 is 1.00 bits per heavy atom. The van der Waals surface area contributed by atoms with Crippen molar-refractivity contribution in [3.05, 3.63) is 69.8 Å². The van der Waals surface area contributed by atoms with Gasteiger partial charge in [0.1, 0.15) is 0 Å². The first kappa shape index (κ1) is 20.0. The van der Waals surface area contributed by atoms with E-state index in [1.54, 1.807) is 0 Å².